The van der Waals surface area contributed by atoms with Gasteiger partial charge in [0, 0.05) is 0 Å². The summed E-state index contributed by atoms with van der Waals surface area (Å²) in [5, 5.41) is 9.21. The minimum Gasteiger partial charge on any atom is -0.485 e. The summed E-state index contributed by atoms with van der Waals surface area (Å²) in [6.07, 6.45) is 0. The highest BCUT2D eigenvalue weighted by molar-refractivity contribution is 7.15. The Morgan fingerprint density at radius 2 is 1.92 bits per heavy atom. The van der Waals surface area contributed by atoms with Gasteiger partial charge in [0.15, 0.2) is 11.6 Å². The van der Waals surface area contributed by atoms with Gasteiger partial charge < -0.3 is 9.84 Å². The average Bonchev–Trinajstić information content (AvgIpc) is 2.85. The molecule has 1 N–H and O–H groups in total. The van der Waals surface area contributed by atoms with E-state index in [0.29, 0.717) is 11.4 Å². The number of ether oxygens (including phenoxy) is 1. The van der Waals surface area contributed by atoms with E-state index in [1.54, 1.807) is 6.92 Å². The Bertz CT molecular complexity index is 787. The first kappa shape index (κ1) is 18.1. The Hall–Kier alpha value is -2.21. The fourth-order valence-corrected chi connectivity index (χ4v) is 3.12. The second-order valence-electron chi connectivity index (χ2n) is 6.70. The van der Waals surface area contributed by atoms with Crippen LogP contribution in [0, 0.1) is 13.8 Å². The summed E-state index contributed by atoms with van der Waals surface area (Å²) in [6, 6.07) is 5.92. The molecule has 24 heavy (non-hydrogen) atoms. The summed E-state index contributed by atoms with van der Waals surface area (Å²) in [4.78, 5) is 27.5. The molecule has 0 aliphatic carbocycles. The normalized spacial score (nSPS) is 11.4. The quantitative estimate of drug-likeness (QED) is 0.827. The molecule has 0 aliphatic rings. The molecule has 5 nitrogen and oxygen atoms in total. The Balaban J connectivity index is 2.19. The van der Waals surface area contributed by atoms with Gasteiger partial charge in [-0.3, -0.25) is 4.79 Å². The number of aryl methyl sites for hydroxylation is 2. The first-order chi connectivity index (χ1) is 11.1. The van der Waals surface area contributed by atoms with Gasteiger partial charge in [-0.05, 0) is 36.5 Å². The maximum atomic E-state index is 12.3. The summed E-state index contributed by atoms with van der Waals surface area (Å²) >= 11 is 0.884. The lowest BCUT2D eigenvalue weighted by molar-refractivity contribution is 0.0701. The van der Waals surface area contributed by atoms with E-state index in [1.165, 1.54) is 0 Å². The van der Waals surface area contributed by atoms with Crippen LogP contribution in [0.15, 0.2) is 18.2 Å². The third-order valence-corrected chi connectivity index (χ3v) is 4.72. The van der Waals surface area contributed by atoms with Crippen LogP contribution < -0.4 is 4.74 Å². The maximum absolute atomic E-state index is 12.3. The average molecular weight is 347 g/mol. The molecule has 1 heterocycles. The number of carboxylic acids is 1. The number of ketones is 1. The monoisotopic (exact) mass is 347 g/mol. The van der Waals surface area contributed by atoms with Crippen LogP contribution in [0.3, 0.4) is 0 Å². The molecule has 128 valence electrons. The van der Waals surface area contributed by atoms with Gasteiger partial charge in [-0.1, -0.05) is 32.9 Å². The zero-order chi connectivity index (χ0) is 18.1. The van der Waals surface area contributed by atoms with Gasteiger partial charge in [0.2, 0.25) is 5.78 Å². The lowest BCUT2D eigenvalue weighted by Crippen LogP contribution is -2.17. The summed E-state index contributed by atoms with van der Waals surface area (Å²) in [7, 11) is 0. The van der Waals surface area contributed by atoms with E-state index in [-0.39, 0.29) is 27.7 Å². The predicted molar refractivity (Wildman–Crippen MR) is 93.5 cm³/mol. The largest absolute Gasteiger partial charge is 0.485 e. The molecule has 0 fully saturated rings. The second kappa shape index (κ2) is 6.73. The molecule has 2 aromatic rings. The molecule has 0 aliphatic heterocycles. The van der Waals surface area contributed by atoms with Crippen molar-refractivity contribution in [2.75, 3.05) is 6.61 Å². The number of hydrogen-bond donors (Lipinski definition) is 1. The van der Waals surface area contributed by atoms with Crippen LogP contribution in [-0.4, -0.2) is 28.4 Å². The predicted octanol–water partition coefficient (Wildman–Crippen LogP) is 4.02. The maximum Gasteiger partial charge on any atom is 0.347 e. The molecule has 1 aromatic carbocycles. The van der Waals surface area contributed by atoms with Crippen LogP contribution in [0.1, 0.15) is 57.1 Å². The van der Waals surface area contributed by atoms with Crippen LogP contribution >= 0.6 is 11.3 Å². The van der Waals surface area contributed by atoms with Gasteiger partial charge in [0.05, 0.1) is 5.69 Å². The minimum absolute atomic E-state index is 0.0873. The van der Waals surface area contributed by atoms with Gasteiger partial charge in [-0.2, -0.15) is 0 Å². The molecule has 0 radical (unpaired) electrons. The van der Waals surface area contributed by atoms with Crippen LogP contribution in [0.25, 0.3) is 0 Å². The zero-order valence-electron chi connectivity index (χ0n) is 14.5. The molecular formula is C18H21NO4S. The van der Waals surface area contributed by atoms with Crippen molar-refractivity contribution >= 4 is 23.1 Å². The van der Waals surface area contributed by atoms with Crippen LogP contribution in [0.2, 0.25) is 0 Å². The molecule has 0 unspecified atom stereocenters. The standard InChI is InChI=1S/C18H21NO4S/c1-10-6-7-12(18(3,4)5)14(8-10)23-9-13(20)16-19-11(2)15(24-16)17(21)22/h6-8H,9H2,1-5H3,(H,21,22). The highest BCUT2D eigenvalue weighted by Gasteiger charge is 2.22. The number of carbonyl (C=O) groups is 2. The number of aromatic nitrogens is 1. The van der Waals surface area contributed by atoms with Gasteiger partial charge in [-0.15, -0.1) is 11.3 Å². The number of thiazole rings is 1. The molecule has 1 aromatic heterocycles. The molecular weight excluding hydrogens is 326 g/mol. The molecule has 0 saturated heterocycles. The van der Waals surface area contributed by atoms with Crippen LogP contribution in [0.4, 0.5) is 0 Å². The van der Waals surface area contributed by atoms with E-state index in [4.69, 9.17) is 9.84 Å². The van der Waals surface area contributed by atoms with Crippen molar-refractivity contribution < 1.29 is 19.4 Å². The molecule has 0 spiro atoms. The van der Waals surface area contributed by atoms with E-state index in [0.717, 1.165) is 22.5 Å². The highest BCUT2D eigenvalue weighted by atomic mass is 32.1. The van der Waals surface area contributed by atoms with E-state index >= 15 is 0 Å². The van der Waals surface area contributed by atoms with Gasteiger partial charge in [0.25, 0.3) is 0 Å². The summed E-state index contributed by atoms with van der Waals surface area (Å²) in [5.74, 6) is -0.724. The number of Topliss-reactive ketones (excluding diaryl/α,β-unsaturated/α-hetero) is 1. The van der Waals surface area contributed by atoms with E-state index in [1.807, 2.05) is 25.1 Å². The minimum atomic E-state index is -1.07. The number of nitrogens with zero attached hydrogens (tertiary/aromatic N) is 1. The topological polar surface area (TPSA) is 76.5 Å². The number of aromatic carboxylic acids is 1. The molecule has 6 heteroatoms. The Kier molecular flexibility index (Phi) is 5.08. The number of carbonyl (C=O) groups excluding carboxylic acids is 1. The number of rotatable bonds is 5. The van der Waals surface area contributed by atoms with Gasteiger partial charge in [-0.25, -0.2) is 9.78 Å². The van der Waals surface area contributed by atoms with Crippen molar-refractivity contribution in [1.29, 1.82) is 0 Å². The number of hydrogen-bond acceptors (Lipinski definition) is 5. The van der Waals surface area contributed by atoms with Crippen molar-refractivity contribution in [3.05, 3.63) is 44.9 Å². The van der Waals surface area contributed by atoms with Crippen molar-refractivity contribution in [2.24, 2.45) is 0 Å². The third-order valence-electron chi connectivity index (χ3n) is 3.53. The Morgan fingerprint density at radius 3 is 2.46 bits per heavy atom. The van der Waals surface area contributed by atoms with Crippen LogP contribution in [-0.2, 0) is 5.41 Å². The van der Waals surface area contributed by atoms with Crippen molar-refractivity contribution in [3.63, 3.8) is 0 Å². The first-order valence-corrected chi connectivity index (χ1v) is 8.39. The SMILES string of the molecule is Cc1ccc(C(C)(C)C)c(OCC(=O)c2nc(C)c(C(=O)O)s2)c1. The third kappa shape index (κ3) is 4.00. The highest BCUT2D eigenvalue weighted by Crippen LogP contribution is 2.32. The first-order valence-electron chi connectivity index (χ1n) is 7.57. The second-order valence-corrected chi connectivity index (χ2v) is 7.70. The molecule has 0 bridgehead atoms. The Labute approximate surface area is 145 Å². The fraction of sp³-hybridized carbons (Fsp3) is 0.389. The van der Waals surface area contributed by atoms with Crippen molar-refractivity contribution in [3.8, 4) is 5.75 Å². The van der Waals surface area contributed by atoms with Crippen molar-refractivity contribution in [1.82, 2.24) is 4.98 Å². The lowest BCUT2D eigenvalue weighted by atomic mass is 9.86. The van der Waals surface area contributed by atoms with Gasteiger partial charge in [0.1, 0.15) is 10.6 Å². The zero-order valence-corrected chi connectivity index (χ0v) is 15.3. The lowest BCUT2D eigenvalue weighted by Gasteiger charge is -2.23. The molecule has 2 rings (SSSR count). The van der Waals surface area contributed by atoms with Crippen LogP contribution in [0.5, 0.6) is 5.75 Å². The van der Waals surface area contributed by atoms with Crippen molar-refractivity contribution in [2.45, 2.75) is 40.0 Å². The Morgan fingerprint density at radius 1 is 1.25 bits per heavy atom. The summed E-state index contributed by atoms with van der Waals surface area (Å²) in [6.45, 7) is 9.61. The molecule has 0 amide bonds. The number of benzene rings is 1. The summed E-state index contributed by atoms with van der Waals surface area (Å²) < 4.78 is 5.74. The number of carboxylic acid groups (broad SMARTS) is 1. The smallest absolute Gasteiger partial charge is 0.347 e. The van der Waals surface area contributed by atoms with E-state index in [9.17, 15) is 9.59 Å². The van der Waals surface area contributed by atoms with Gasteiger partial charge >= 0.3 is 5.97 Å². The summed E-state index contributed by atoms with van der Waals surface area (Å²) in [5.41, 5.74) is 2.30. The molecule has 0 atom stereocenters. The van der Waals surface area contributed by atoms with E-state index < -0.39 is 5.97 Å². The molecule has 0 saturated carbocycles. The fourth-order valence-electron chi connectivity index (χ4n) is 2.29. The van der Waals surface area contributed by atoms with E-state index in [2.05, 4.69) is 25.8 Å².